The van der Waals surface area contributed by atoms with Crippen molar-refractivity contribution in [1.82, 2.24) is 0 Å². The number of hydrogen-bond acceptors (Lipinski definition) is 1. The van der Waals surface area contributed by atoms with Crippen LogP contribution in [0.15, 0.2) is 0 Å². The van der Waals surface area contributed by atoms with Crippen LogP contribution in [0.5, 0.6) is 0 Å². The number of rotatable bonds is 6. The quantitative estimate of drug-likeness (QED) is 0.679. The zero-order valence-corrected chi connectivity index (χ0v) is 9.39. The first-order valence-electron chi connectivity index (χ1n) is 5.22. The van der Waals surface area contributed by atoms with Gasteiger partial charge in [0.2, 0.25) is 5.91 Å². The first-order valence-corrected chi connectivity index (χ1v) is 5.22. The van der Waals surface area contributed by atoms with Gasteiger partial charge in [-0.2, -0.15) is 0 Å². The molecule has 78 valence electrons. The van der Waals surface area contributed by atoms with Crippen LogP contribution in [0.4, 0.5) is 0 Å². The number of carbonyl (C=O) groups is 1. The van der Waals surface area contributed by atoms with Crippen molar-refractivity contribution in [2.75, 3.05) is 0 Å². The Balaban J connectivity index is 3.92. The lowest BCUT2D eigenvalue weighted by Crippen LogP contribution is -2.33. The zero-order valence-electron chi connectivity index (χ0n) is 9.39. The van der Waals surface area contributed by atoms with Crippen molar-refractivity contribution in [3.8, 4) is 0 Å². The van der Waals surface area contributed by atoms with Crippen molar-refractivity contribution >= 4 is 5.91 Å². The Hall–Kier alpha value is -0.530. The van der Waals surface area contributed by atoms with E-state index in [1.807, 2.05) is 13.8 Å². The molecule has 0 aliphatic carbocycles. The first-order chi connectivity index (χ1) is 5.92. The zero-order chi connectivity index (χ0) is 10.5. The van der Waals surface area contributed by atoms with Crippen LogP contribution in [0.1, 0.15) is 53.4 Å². The van der Waals surface area contributed by atoms with Gasteiger partial charge in [-0.05, 0) is 18.8 Å². The third-order valence-electron chi connectivity index (χ3n) is 2.89. The van der Waals surface area contributed by atoms with E-state index in [4.69, 9.17) is 5.73 Å². The van der Waals surface area contributed by atoms with Gasteiger partial charge in [0.1, 0.15) is 0 Å². The second-order valence-corrected chi connectivity index (χ2v) is 4.56. The fourth-order valence-electron chi connectivity index (χ4n) is 1.37. The SMILES string of the molecule is CCC(C)(CCCC(C)C)C(N)=O. The first kappa shape index (κ1) is 12.5. The fourth-order valence-corrected chi connectivity index (χ4v) is 1.37. The molecule has 2 heteroatoms. The van der Waals surface area contributed by atoms with Gasteiger partial charge in [-0.1, -0.05) is 40.5 Å². The molecule has 0 bridgehead atoms. The normalized spacial score (nSPS) is 15.8. The van der Waals surface area contributed by atoms with Crippen molar-refractivity contribution in [1.29, 1.82) is 0 Å². The van der Waals surface area contributed by atoms with Crippen LogP contribution in [-0.2, 0) is 4.79 Å². The monoisotopic (exact) mass is 185 g/mol. The number of hydrogen-bond donors (Lipinski definition) is 1. The Morgan fingerprint density at radius 2 is 2.00 bits per heavy atom. The highest BCUT2D eigenvalue weighted by atomic mass is 16.1. The van der Waals surface area contributed by atoms with Crippen LogP contribution < -0.4 is 5.73 Å². The van der Waals surface area contributed by atoms with Gasteiger partial charge in [-0.15, -0.1) is 0 Å². The molecule has 0 saturated heterocycles. The molecule has 0 heterocycles. The number of amides is 1. The highest BCUT2D eigenvalue weighted by Crippen LogP contribution is 2.28. The molecule has 0 fully saturated rings. The minimum atomic E-state index is -0.283. The van der Waals surface area contributed by atoms with Crippen LogP contribution in [0, 0.1) is 11.3 Å². The van der Waals surface area contributed by atoms with Crippen LogP contribution >= 0.6 is 0 Å². The molecule has 0 aromatic carbocycles. The summed E-state index contributed by atoms with van der Waals surface area (Å²) in [6.07, 6.45) is 4.06. The van der Waals surface area contributed by atoms with E-state index in [2.05, 4.69) is 13.8 Å². The van der Waals surface area contributed by atoms with E-state index >= 15 is 0 Å². The molecule has 1 atom stereocenters. The maximum Gasteiger partial charge on any atom is 0.223 e. The Morgan fingerprint density at radius 1 is 1.46 bits per heavy atom. The number of primary amides is 1. The van der Waals surface area contributed by atoms with E-state index in [1.54, 1.807) is 0 Å². The lowest BCUT2D eigenvalue weighted by molar-refractivity contribution is -0.127. The summed E-state index contributed by atoms with van der Waals surface area (Å²) in [5.74, 6) is 0.563. The summed E-state index contributed by atoms with van der Waals surface area (Å²) in [4.78, 5) is 11.2. The van der Waals surface area contributed by atoms with Gasteiger partial charge in [-0.25, -0.2) is 0 Å². The molecule has 2 nitrogen and oxygen atoms in total. The summed E-state index contributed by atoms with van der Waals surface area (Å²) in [6, 6.07) is 0. The van der Waals surface area contributed by atoms with Gasteiger partial charge in [0.15, 0.2) is 0 Å². The van der Waals surface area contributed by atoms with E-state index in [0.29, 0.717) is 5.92 Å². The van der Waals surface area contributed by atoms with Crippen LogP contribution in [0.2, 0.25) is 0 Å². The molecule has 0 saturated carbocycles. The summed E-state index contributed by atoms with van der Waals surface area (Å²) in [5, 5.41) is 0. The van der Waals surface area contributed by atoms with Crippen molar-refractivity contribution in [2.45, 2.75) is 53.4 Å². The fraction of sp³-hybridized carbons (Fsp3) is 0.909. The van der Waals surface area contributed by atoms with Crippen molar-refractivity contribution < 1.29 is 4.79 Å². The molecule has 0 radical (unpaired) electrons. The summed E-state index contributed by atoms with van der Waals surface area (Å²) < 4.78 is 0. The lowest BCUT2D eigenvalue weighted by atomic mass is 9.81. The third-order valence-corrected chi connectivity index (χ3v) is 2.89. The van der Waals surface area contributed by atoms with Crippen LogP contribution in [0.25, 0.3) is 0 Å². The topological polar surface area (TPSA) is 43.1 Å². The van der Waals surface area contributed by atoms with Crippen molar-refractivity contribution in [3.63, 3.8) is 0 Å². The largest absolute Gasteiger partial charge is 0.369 e. The van der Waals surface area contributed by atoms with Gasteiger partial charge in [0, 0.05) is 5.41 Å². The standard InChI is InChI=1S/C11H23NO/c1-5-11(4,10(12)13)8-6-7-9(2)3/h9H,5-8H2,1-4H3,(H2,12,13). The van der Waals surface area contributed by atoms with Gasteiger partial charge in [0.25, 0.3) is 0 Å². The molecule has 0 aliphatic heterocycles. The molecule has 0 spiro atoms. The molecular weight excluding hydrogens is 162 g/mol. The Bertz CT molecular complexity index is 165. The third kappa shape index (κ3) is 4.30. The Labute approximate surface area is 81.9 Å². The number of nitrogens with two attached hydrogens (primary N) is 1. The number of carbonyl (C=O) groups excluding carboxylic acids is 1. The predicted octanol–water partition coefficient (Wildman–Crippen LogP) is 2.71. The van der Waals surface area contributed by atoms with Gasteiger partial charge < -0.3 is 5.73 Å². The van der Waals surface area contributed by atoms with Gasteiger partial charge >= 0.3 is 0 Å². The lowest BCUT2D eigenvalue weighted by Gasteiger charge is -2.24. The summed E-state index contributed by atoms with van der Waals surface area (Å²) >= 11 is 0. The molecule has 1 amide bonds. The predicted molar refractivity (Wildman–Crippen MR) is 56.3 cm³/mol. The molecule has 0 aromatic heterocycles. The molecular formula is C11H23NO. The maximum atomic E-state index is 11.2. The minimum absolute atomic E-state index is 0.154. The average molecular weight is 185 g/mol. The maximum absolute atomic E-state index is 11.2. The molecule has 0 aliphatic rings. The second kappa shape index (κ2) is 5.25. The molecule has 13 heavy (non-hydrogen) atoms. The average Bonchev–Trinajstić information content (AvgIpc) is 2.03. The molecule has 0 aromatic rings. The molecule has 1 unspecified atom stereocenters. The van der Waals surface area contributed by atoms with Crippen molar-refractivity contribution in [3.05, 3.63) is 0 Å². The summed E-state index contributed by atoms with van der Waals surface area (Å²) in [6.45, 7) is 8.40. The van der Waals surface area contributed by atoms with Gasteiger partial charge in [-0.3, -0.25) is 4.79 Å². The summed E-state index contributed by atoms with van der Waals surface area (Å²) in [5.41, 5.74) is 5.08. The molecule has 2 N–H and O–H groups in total. The highest BCUT2D eigenvalue weighted by Gasteiger charge is 2.27. The smallest absolute Gasteiger partial charge is 0.223 e. The van der Waals surface area contributed by atoms with E-state index in [-0.39, 0.29) is 11.3 Å². The minimum Gasteiger partial charge on any atom is -0.369 e. The summed E-state index contributed by atoms with van der Waals surface area (Å²) in [7, 11) is 0. The Kier molecular flexibility index (Phi) is 5.04. The van der Waals surface area contributed by atoms with E-state index in [1.165, 1.54) is 6.42 Å². The van der Waals surface area contributed by atoms with Crippen molar-refractivity contribution in [2.24, 2.45) is 17.1 Å². The highest BCUT2D eigenvalue weighted by molar-refractivity contribution is 5.80. The van der Waals surface area contributed by atoms with Gasteiger partial charge in [0.05, 0.1) is 0 Å². The second-order valence-electron chi connectivity index (χ2n) is 4.56. The van der Waals surface area contributed by atoms with Crippen LogP contribution in [-0.4, -0.2) is 5.91 Å². The Morgan fingerprint density at radius 3 is 2.31 bits per heavy atom. The van der Waals surface area contributed by atoms with Crippen LogP contribution in [0.3, 0.4) is 0 Å². The molecule has 0 rings (SSSR count). The van der Waals surface area contributed by atoms with E-state index < -0.39 is 0 Å². The van der Waals surface area contributed by atoms with E-state index in [0.717, 1.165) is 19.3 Å². The van der Waals surface area contributed by atoms with E-state index in [9.17, 15) is 4.79 Å².